The highest BCUT2D eigenvalue weighted by molar-refractivity contribution is 6.31. The predicted molar refractivity (Wildman–Crippen MR) is 76.6 cm³/mol. The van der Waals surface area contributed by atoms with Gasteiger partial charge in [0.2, 0.25) is 0 Å². The largest absolute Gasteiger partial charge is 0.504 e. The van der Waals surface area contributed by atoms with E-state index in [2.05, 4.69) is 10.5 Å². The van der Waals surface area contributed by atoms with E-state index in [0.717, 1.165) is 0 Å². The van der Waals surface area contributed by atoms with Crippen LogP contribution < -0.4 is 10.2 Å². The van der Waals surface area contributed by atoms with Crippen molar-refractivity contribution < 1.29 is 19.4 Å². The summed E-state index contributed by atoms with van der Waals surface area (Å²) in [6.45, 7) is 5.22. The summed E-state index contributed by atoms with van der Waals surface area (Å²) in [6, 6.07) is 2.95. The van der Waals surface area contributed by atoms with Crippen molar-refractivity contribution in [2.24, 2.45) is 5.10 Å². The van der Waals surface area contributed by atoms with Gasteiger partial charge < -0.3 is 14.6 Å². The number of phenols is 1. The molecule has 0 saturated carbocycles. The summed E-state index contributed by atoms with van der Waals surface area (Å²) in [5.74, 6) is 0.0999. The Morgan fingerprint density at radius 2 is 2.10 bits per heavy atom. The molecule has 0 bridgehead atoms. The molecule has 0 saturated heterocycles. The van der Waals surface area contributed by atoms with E-state index in [1.54, 1.807) is 20.8 Å². The van der Waals surface area contributed by atoms with Crippen LogP contribution in [-0.2, 0) is 4.74 Å². The molecule has 0 aliphatic heterocycles. The van der Waals surface area contributed by atoms with E-state index < -0.39 is 11.7 Å². The number of hydrazone groups is 1. The minimum Gasteiger partial charge on any atom is -0.504 e. The average molecular weight is 301 g/mol. The number of hydrogen-bond donors (Lipinski definition) is 2. The lowest BCUT2D eigenvalue weighted by molar-refractivity contribution is 0.0529. The molecule has 110 valence electrons. The van der Waals surface area contributed by atoms with E-state index in [1.807, 2.05) is 0 Å². The van der Waals surface area contributed by atoms with Crippen molar-refractivity contribution >= 4 is 23.9 Å². The quantitative estimate of drug-likeness (QED) is 0.664. The maximum Gasteiger partial charge on any atom is 0.428 e. The Labute approximate surface area is 122 Å². The minimum absolute atomic E-state index is 0.119. The zero-order valence-corrected chi connectivity index (χ0v) is 12.5. The molecule has 20 heavy (non-hydrogen) atoms. The van der Waals surface area contributed by atoms with Crippen LogP contribution in [-0.4, -0.2) is 30.1 Å². The number of carbonyl (C=O) groups is 1. The number of amides is 1. The highest BCUT2D eigenvalue weighted by Gasteiger charge is 2.15. The summed E-state index contributed by atoms with van der Waals surface area (Å²) in [7, 11) is 1.41. The van der Waals surface area contributed by atoms with Crippen molar-refractivity contribution in [3.63, 3.8) is 0 Å². The first-order valence-corrected chi connectivity index (χ1v) is 6.19. The maximum atomic E-state index is 11.4. The van der Waals surface area contributed by atoms with E-state index in [-0.39, 0.29) is 11.5 Å². The SMILES string of the molecule is COc1cc(Cl)cc(C=NNC(=O)OC(C)(C)C)c1O. The second-order valence-corrected chi connectivity index (χ2v) is 5.35. The fourth-order valence-corrected chi connectivity index (χ4v) is 1.52. The predicted octanol–water partition coefficient (Wildman–Crippen LogP) is 2.91. The van der Waals surface area contributed by atoms with E-state index in [0.29, 0.717) is 10.6 Å². The number of nitrogens with one attached hydrogen (secondary N) is 1. The molecule has 1 aromatic carbocycles. The van der Waals surface area contributed by atoms with Crippen LogP contribution in [0.25, 0.3) is 0 Å². The molecule has 0 heterocycles. The summed E-state index contributed by atoms with van der Waals surface area (Å²) >= 11 is 5.86. The molecule has 0 atom stereocenters. The molecule has 0 unspecified atom stereocenters. The molecule has 2 N–H and O–H groups in total. The molecule has 7 heteroatoms. The Balaban J connectivity index is 2.76. The third-order valence-electron chi connectivity index (χ3n) is 2.05. The van der Waals surface area contributed by atoms with Crippen LogP contribution in [0.5, 0.6) is 11.5 Å². The monoisotopic (exact) mass is 300 g/mol. The number of carbonyl (C=O) groups excluding carboxylic acids is 1. The lowest BCUT2D eigenvalue weighted by Crippen LogP contribution is -2.29. The Morgan fingerprint density at radius 1 is 1.45 bits per heavy atom. The summed E-state index contributed by atoms with van der Waals surface area (Å²) in [5, 5.41) is 13.9. The van der Waals surface area contributed by atoms with Crippen LogP contribution in [0, 0.1) is 0 Å². The van der Waals surface area contributed by atoms with Crippen molar-refractivity contribution in [2.45, 2.75) is 26.4 Å². The number of nitrogens with zero attached hydrogens (tertiary/aromatic N) is 1. The standard InChI is InChI=1S/C13H17ClN2O4/c1-13(2,3)20-12(18)16-15-7-8-5-9(14)6-10(19-4)11(8)17/h5-7,17H,1-4H3,(H,16,18). The van der Waals surface area contributed by atoms with Gasteiger partial charge in [0, 0.05) is 16.7 Å². The third-order valence-corrected chi connectivity index (χ3v) is 2.27. The highest BCUT2D eigenvalue weighted by atomic mass is 35.5. The van der Waals surface area contributed by atoms with Crippen LogP contribution >= 0.6 is 11.6 Å². The van der Waals surface area contributed by atoms with Crippen molar-refractivity contribution in [3.8, 4) is 11.5 Å². The molecule has 0 aliphatic rings. The van der Waals surface area contributed by atoms with E-state index in [9.17, 15) is 9.90 Å². The molecule has 0 aliphatic carbocycles. The topological polar surface area (TPSA) is 80.2 Å². The van der Waals surface area contributed by atoms with Crippen LogP contribution in [0.4, 0.5) is 4.79 Å². The van der Waals surface area contributed by atoms with Crippen molar-refractivity contribution in [1.82, 2.24) is 5.43 Å². The molecule has 0 radical (unpaired) electrons. The zero-order chi connectivity index (χ0) is 15.3. The van der Waals surface area contributed by atoms with Gasteiger partial charge in [-0.3, -0.25) is 0 Å². The number of methoxy groups -OCH3 is 1. The van der Waals surface area contributed by atoms with E-state index >= 15 is 0 Å². The van der Waals surface area contributed by atoms with Crippen LogP contribution in [0.1, 0.15) is 26.3 Å². The zero-order valence-electron chi connectivity index (χ0n) is 11.7. The first kappa shape index (κ1) is 16.1. The number of phenolic OH excluding ortho intramolecular Hbond substituents is 1. The summed E-state index contributed by atoms with van der Waals surface area (Å²) < 4.78 is 9.95. The molecule has 1 rings (SSSR count). The molecule has 1 aromatic rings. The Hall–Kier alpha value is -1.95. The molecule has 0 spiro atoms. The van der Waals surface area contributed by atoms with Gasteiger partial charge in [0.05, 0.1) is 13.3 Å². The molecule has 6 nitrogen and oxygen atoms in total. The third kappa shape index (κ3) is 4.97. The van der Waals surface area contributed by atoms with Gasteiger partial charge in [-0.15, -0.1) is 0 Å². The van der Waals surface area contributed by atoms with Crippen LogP contribution in [0.3, 0.4) is 0 Å². The van der Waals surface area contributed by atoms with Gasteiger partial charge in [0.25, 0.3) is 0 Å². The van der Waals surface area contributed by atoms with Gasteiger partial charge in [-0.05, 0) is 26.8 Å². The van der Waals surface area contributed by atoms with E-state index in [4.69, 9.17) is 21.1 Å². The van der Waals surface area contributed by atoms with Gasteiger partial charge in [-0.25, -0.2) is 10.2 Å². The second-order valence-electron chi connectivity index (χ2n) is 4.92. The van der Waals surface area contributed by atoms with Gasteiger partial charge in [0.15, 0.2) is 11.5 Å². The first-order valence-electron chi connectivity index (χ1n) is 5.81. The number of aromatic hydroxyl groups is 1. The van der Waals surface area contributed by atoms with Gasteiger partial charge in [-0.1, -0.05) is 11.6 Å². The molecular weight excluding hydrogens is 284 g/mol. The van der Waals surface area contributed by atoms with Gasteiger partial charge in [0.1, 0.15) is 5.60 Å². The smallest absolute Gasteiger partial charge is 0.428 e. The molecule has 1 amide bonds. The van der Waals surface area contributed by atoms with Crippen molar-refractivity contribution in [2.75, 3.05) is 7.11 Å². The lowest BCUT2D eigenvalue weighted by Gasteiger charge is -2.18. The molecular formula is C13H17ClN2O4. The number of benzene rings is 1. The molecule has 0 fully saturated rings. The van der Waals surface area contributed by atoms with E-state index in [1.165, 1.54) is 25.5 Å². The summed E-state index contributed by atoms with van der Waals surface area (Å²) in [4.78, 5) is 11.4. The van der Waals surface area contributed by atoms with Gasteiger partial charge >= 0.3 is 6.09 Å². The Kier molecular flexibility index (Phi) is 5.21. The lowest BCUT2D eigenvalue weighted by atomic mass is 10.2. The fraction of sp³-hybridized carbons (Fsp3) is 0.385. The molecule has 0 aromatic heterocycles. The fourth-order valence-electron chi connectivity index (χ4n) is 1.30. The Morgan fingerprint density at radius 3 is 2.65 bits per heavy atom. The number of halogens is 1. The normalized spacial score (nSPS) is 11.4. The minimum atomic E-state index is -0.692. The van der Waals surface area contributed by atoms with Crippen molar-refractivity contribution in [1.29, 1.82) is 0 Å². The van der Waals surface area contributed by atoms with Crippen LogP contribution in [0.2, 0.25) is 5.02 Å². The maximum absolute atomic E-state index is 11.4. The number of rotatable bonds is 3. The second kappa shape index (κ2) is 6.47. The number of ether oxygens (including phenoxy) is 2. The average Bonchev–Trinajstić information content (AvgIpc) is 2.30. The van der Waals surface area contributed by atoms with Crippen LogP contribution in [0.15, 0.2) is 17.2 Å². The van der Waals surface area contributed by atoms with Gasteiger partial charge in [-0.2, -0.15) is 5.10 Å². The first-order chi connectivity index (χ1) is 9.23. The highest BCUT2D eigenvalue weighted by Crippen LogP contribution is 2.32. The summed E-state index contributed by atoms with van der Waals surface area (Å²) in [5.41, 5.74) is 1.89. The summed E-state index contributed by atoms with van der Waals surface area (Å²) in [6.07, 6.45) is 0.551. The number of hydrogen-bond acceptors (Lipinski definition) is 5. The Bertz CT molecular complexity index is 524. The van der Waals surface area contributed by atoms with Crippen molar-refractivity contribution in [3.05, 3.63) is 22.7 Å².